The fourth-order valence-electron chi connectivity index (χ4n) is 11.1. The van der Waals surface area contributed by atoms with Gasteiger partial charge in [0.2, 0.25) is 23.6 Å². The Kier molecular flexibility index (Phi) is 28.4. The van der Waals surface area contributed by atoms with E-state index in [1.165, 1.54) is 0 Å². The van der Waals surface area contributed by atoms with Crippen molar-refractivity contribution >= 4 is 23.6 Å². The minimum absolute atomic E-state index is 0.816. The quantitative estimate of drug-likeness (QED) is 0.0363. The lowest BCUT2D eigenvalue weighted by Gasteiger charge is -2.51. The maximum Gasteiger partial charge on any atom is 0.217 e. The predicted octanol–water partition coefficient (Wildman–Crippen LogP) is -16.1. The van der Waals surface area contributed by atoms with Crippen LogP contribution < -0.4 is 21.3 Å². The molecule has 34 atom stereocenters. The van der Waals surface area contributed by atoms with Gasteiger partial charge in [-0.2, -0.15) is 0 Å². The normalized spacial score (nSPS) is 43.9. The topological polar surface area (TPSA) is 632 Å². The number of carbonyl (C=O) groups is 4. The lowest BCUT2D eigenvalue weighted by atomic mass is 9.94. The SMILES string of the molecule is CC(=O)N[C@H]1[C@H](O[C@@H]2[C@@H](O[C@@H]3[C@H](O)[C@H](O[C@@H]([C@H](O)[C@H](CO)NC(C)=O)[C@H](O)CO)O[C@H](CO[C@H]4O[C@H](CO)[C@@H](O)[C@H](O)[C@@H]4O[C@@H]4O[C@H](CO)[C@@H](O)[C@H](O)[C@H]4NC(C)=O)[C@H]3O)O[C@H](CO)[C@@H](O[C@@H]3O[C@H](CO)[C@@H](O)[C@H](O)[C@H]3NC(C)=O)[C@@H]2O)O[C@H](CO)[C@@H](O)[C@@H]1O. The summed E-state index contributed by atoms with van der Waals surface area (Å²) in [6, 6.07) is -6.94. The maximum atomic E-state index is 12.6. The van der Waals surface area contributed by atoms with Crippen molar-refractivity contribution < 1.29 is 178 Å². The number of carbonyl (C=O) groups excluding carboxylic acids is 4. The molecule has 0 saturated carbocycles. The Morgan fingerprint density at radius 3 is 1.13 bits per heavy atom. The molecule has 0 aromatic rings. The molecule has 0 spiro atoms. The summed E-state index contributed by atoms with van der Waals surface area (Å²) in [6.07, 6.45) is -62.2. The van der Waals surface area contributed by atoms with E-state index in [-0.39, 0.29) is 0 Å². The molecule has 522 valence electrons. The average molecular weight is 1320 g/mol. The molecule has 6 rings (SSSR count). The molecule has 6 fully saturated rings. The van der Waals surface area contributed by atoms with E-state index >= 15 is 0 Å². The fourth-order valence-corrected chi connectivity index (χ4v) is 11.1. The van der Waals surface area contributed by atoms with Crippen molar-refractivity contribution in [2.75, 3.05) is 52.9 Å². The van der Waals surface area contributed by atoms with Crippen molar-refractivity contribution in [1.29, 1.82) is 0 Å². The first kappa shape index (κ1) is 75.6. The number of aliphatic hydroxyl groups excluding tert-OH is 20. The summed E-state index contributed by atoms with van der Waals surface area (Å²) in [5, 5.41) is 229. The van der Waals surface area contributed by atoms with Crippen LogP contribution in [0, 0.1) is 0 Å². The Hall–Kier alpha value is -3.40. The molecule has 0 aliphatic carbocycles. The van der Waals surface area contributed by atoms with Gasteiger partial charge in [0, 0.05) is 27.7 Å². The Balaban J connectivity index is 1.44. The zero-order valence-electron chi connectivity index (χ0n) is 48.8. The van der Waals surface area contributed by atoms with Crippen LogP contribution in [0.2, 0.25) is 0 Å². The molecule has 0 bridgehead atoms. The highest BCUT2D eigenvalue weighted by atomic mass is 16.8. The number of aliphatic hydroxyl groups is 20. The fraction of sp³-hybridized carbons (Fsp3) is 0.920. The van der Waals surface area contributed by atoms with E-state index < -0.39 is 285 Å². The van der Waals surface area contributed by atoms with E-state index in [1.807, 2.05) is 0 Å². The third-order valence-electron chi connectivity index (χ3n) is 15.8. The number of ether oxygens (including phenoxy) is 12. The van der Waals surface area contributed by atoms with Crippen LogP contribution in [0.3, 0.4) is 0 Å². The summed E-state index contributed by atoms with van der Waals surface area (Å²) in [4.78, 5) is 49.4. The molecule has 6 aliphatic rings. The summed E-state index contributed by atoms with van der Waals surface area (Å²) in [5.74, 6) is -3.38. The van der Waals surface area contributed by atoms with E-state index in [9.17, 15) is 121 Å². The van der Waals surface area contributed by atoms with Gasteiger partial charge in [-0.25, -0.2) is 0 Å². The van der Waals surface area contributed by atoms with E-state index in [0.29, 0.717) is 0 Å². The second-order valence-corrected chi connectivity index (χ2v) is 22.3. The van der Waals surface area contributed by atoms with Crippen molar-refractivity contribution in [2.24, 2.45) is 0 Å². The van der Waals surface area contributed by atoms with Crippen LogP contribution in [0.4, 0.5) is 0 Å². The molecule has 40 heteroatoms. The largest absolute Gasteiger partial charge is 0.394 e. The molecule has 0 aromatic heterocycles. The Labute approximate surface area is 511 Å². The summed E-state index contributed by atoms with van der Waals surface area (Å²) in [6.45, 7) is -4.67. The molecule has 4 amide bonds. The van der Waals surface area contributed by atoms with E-state index in [4.69, 9.17) is 56.8 Å². The minimum atomic E-state index is -2.52. The number of hydrogen-bond donors (Lipinski definition) is 24. The standard InChI is InChI=1S/C50H86N4O36/c1-13(62)51-17(5-55)28(67)40(18(66)6-56)86-48-39(78)42(33(72)24(85-48)12-79-49-43(37(76)32(71)22(10-60)83-49)89-46-26(53-15(3)64)35(74)30(69)20(8-58)81-46)88-50-44(90-47-27(54-16(4)65)36(75)31(70)21(9-59)82-47)38(77)41(23(11-61)84-50)87-45-25(52-14(2)63)34(73)29(68)19(7-57)80-45/h17-50,55-61,66-78H,5-12H2,1-4H3,(H,51,62)(H,52,63)(H,53,64)(H,54,65)/t17-,18+,19+,20+,21+,22+,23+,24+,25+,26+,27+,28+,29+,30+,31+,32+,33+,34+,35+,36+,37-,38-,39-,40+,41+,42-,43-,44-,45-,46-,47-,48-,49-,50+/m0/s1. The first-order chi connectivity index (χ1) is 42.5. The van der Waals surface area contributed by atoms with Crippen molar-refractivity contribution in [2.45, 2.75) is 236 Å². The summed E-state index contributed by atoms with van der Waals surface area (Å²) >= 11 is 0. The Bertz CT molecular complexity index is 2260. The van der Waals surface area contributed by atoms with Gasteiger partial charge < -0.3 is 180 Å². The Morgan fingerprint density at radius 1 is 0.378 bits per heavy atom. The van der Waals surface area contributed by atoms with Crippen LogP contribution in [0.15, 0.2) is 0 Å². The zero-order chi connectivity index (χ0) is 66.9. The molecule has 0 unspecified atom stereocenters. The summed E-state index contributed by atoms with van der Waals surface area (Å²) < 4.78 is 71.2. The molecular weight excluding hydrogens is 1230 g/mol. The van der Waals surface area contributed by atoms with Crippen molar-refractivity contribution in [1.82, 2.24) is 21.3 Å². The molecule has 6 heterocycles. The van der Waals surface area contributed by atoms with Crippen LogP contribution in [0.25, 0.3) is 0 Å². The molecule has 0 radical (unpaired) electrons. The molecule has 0 aromatic carbocycles. The molecule has 40 nitrogen and oxygen atoms in total. The van der Waals surface area contributed by atoms with Gasteiger partial charge in [-0.05, 0) is 0 Å². The van der Waals surface area contributed by atoms with Crippen LogP contribution in [0.5, 0.6) is 0 Å². The molecule has 90 heavy (non-hydrogen) atoms. The molecule has 6 aliphatic heterocycles. The predicted molar refractivity (Wildman–Crippen MR) is 280 cm³/mol. The highest BCUT2D eigenvalue weighted by Gasteiger charge is 2.59. The smallest absolute Gasteiger partial charge is 0.217 e. The lowest BCUT2D eigenvalue weighted by molar-refractivity contribution is -0.399. The number of rotatable bonds is 27. The monoisotopic (exact) mass is 1320 g/mol. The number of amides is 4. The summed E-state index contributed by atoms with van der Waals surface area (Å²) in [5.41, 5.74) is 0. The van der Waals surface area contributed by atoms with Gasteiger partial charge in [0.25, 0.3) is 0 Å². The second kappa shape index (κ2) is 33.8. The molecule has 6 saturated heterocycles. The Morgan fingerprint density at radius 2 is 0.744 bits per heavy atom. The average Bonchev–Trinajstić information content (AvgIpc) is 0.785. The molecule has 24 N–H and O–H groups in total. The van der Waals surface area contributed by atoms with Gasteiger partial charge in [-0.3, -0.25) is 19.2 Å². The third-order valence-corrected chi connectivity index (χ3v) is 15.8. The van der Waals surface area contributed by atoms with E-state index in [0.717, 1.165) is 27.7 Å². The lowest BCUT2D eigenvalue weighted by Crippen LogP contribution is -2.70. The van der Waals surface area contributed by atoms with Crippen molar-refractivity contribution in [3.05, 3.63) is 0 Å². The van der Waals surface area contributed by atoms with Crippen LogP contribution in [-0.2, 0) is 76.0 Å². The van der Waals surface area contributed by atoms with Gasteiger partial charge in [0.1, 0.15) is 165 Å². The van der Waals surface area contributed by atoms with Crippen LogP contribution in [-0.4, -0.2) is 387 Å². The third kappa shape index (κ3) is 17.5. The number of hydrogen-bond acceptors (Lipinski definition) is 36. The first-order valence-corrected chi connectivity index (χ1v) is 28.5. The highest BCUT2D eigenvalue weighted by molar-refractivity contribution is 5.74. The summed E-state index contributed by atoms with van der Waals surface area (Å²) in [7, 11) is 0. The second-order valence-electron chi connectivity index (χ2n) is 22.3. The minimum Gasteiger partial charge on any atom is -0.394 e. The zero-order valence-corrected chi connectivity index (χ0v) is 48.8. The number of nitrogens with one attached hydrogen (secondary N) is 4. The highest BCUT2D eigenvalue weighted by Crippen LogP contribution is 2.38. The van der Waals surface area contributed by atoms with Gasteiger partial charge in [-0.15, -0.1) is 0 Å². The van der Waals surface area contributed by atoms with Gasteiger partial charge in [0.15, 0.2) is 37.7 Å². The van der Waals surface area contributed by atoms with E-state index in [1.54, 1.807) is 0 Å². The van der Waals surface area contributed by atoms with Gasteiger partial charge in [-0.1, -0.05) is 0 Å². The molecular formula is C50H86N4O36. The van der Waals surface area contributed by atoms with E-state index in [2.05, 4.69) is 21.3 Å². The maximum absolute atomic E-state index is 12.6. The van der Waals surface area contributed by atoms with Gasteiger partial charge >= 0.3 is 0 Å². The first-order valence-electron chi connectivity index (χ1n) is 28.5. The van der Waals surface area contributed by atoms with Crippen molar-refractivity contribution in [3.63, 3.8) is 0 Å². The van der Waals surface area contributed by atoms with Crippen molar-refractivity contribution in [3.8, 4) is 0 Å². The van der Waals surface area contributed by atoms with Crippen LogP contribution >= 0.6 is 0 Å². The van der Waals surface area contributed by atoms with Crippen LogP contribution in [0.1, 0.15) is 27.7 Å². The van der Waals surface area contributed by atoms with Gasteiger partial charge in [0.05, 0.1) is 58.9 Å².